The van der Waals surface area contributed by atoms with Crippen LogP contribution in [-0.4, -0.2) is 110 Å². The molecule has 58 heavy (non-hydrogen) atoms. The first-order chi connectivity index (χ1) is 28.0. The average Bonchev–Trinajstić information content (AvgIpc) is 4.06. The van der Waals surface area contributed by atoms with Gasteiger partial charge < -0.3 is 41.2 Å². The predicted molar refractivity (Wildman–Crippen MR) is 210 cm³/mol. The predicted octanol–water partition coefficient (Wildman–Crippen LogP) is 2.13. The van der Waals surface area contributed by atoms with Gasteiger partial charge in [-0.1, -0.05) is 56.0 Å². The van der Waals surface area contributed by atoms with Gasteiger partial charge in [0.1, 0.15) is 41.6 Å². The molecule has 0 unspecified atom stereocenters. The molecular weight excluding hydrogens is 746 g/mol. The molecule has 6 N–H and O–H groups in total. The first-order valence-electron chi connectivity index (χ1n) is 20.8. The van der Waals surface area contributed by atoms with E-state index in [-0.39, 0.29) is 50.1 Å². The van der Waals surface area contributed by atoms with Gasteiger partial charge in [0.15, 0.2) is 0 Å². The molecule has 308 valence electrons. The van der Waals surface area contributed by atoms with E-state index < -0.39 is 77.7 Å². The van der Waals surface area contributed by atoms with Crippen molar-refractivity contribution in [1.82, 2.24) is 36.1 Å². The van der Waals surface area contributed by atoms with Crippen LogP contribution in [0.3, 0.4) is 0 Å². The molecule has 4 heterocycles. The van der Waals surface area contributed by atoms with E-state index in [4.69, 9.17) is 0 Å². The lowest BCUT2D eigenvalue weighted by atomic mass is 9.84. The number of aromatic nitrogens is 1. The number of fused-ring (bicyclic) bond motifs is 5. The number of H-pyrrole nitrogens is 1. The number of aliphatic hydroxyl groups is 1. The number of nitrogens with zero attached hydrogens (tertiary/aromatic N) is 2. The molecule has 3 saturated heterocycles. The van der Waals surface area contributed by atoms with Gasteiger partial charge in [-0.05, 0) is 80.2 Å². The van der Waals surface area contributed by atoms with E-state index in [9.17, 15) is 38.3 Å². The van der Waals surface area contributed by atoms with Gasteiger partial charge in [-0.3, -0.25) is 28.8 Å². The van der Waals surface area contributed by atoms with E-state index >= 15 is 0 Å². The van der Waals surface area contributed by atoms with Gasteiger partial charge in [0, 0.05) is 42.5 Å². The SMILES string of the molecule is O=C1NC2(CCCC2)C(=O)N[C@@H](Cc2ccc(F)cc2)C(=O)N[C@@H](CO)C(=O)N2CCC[C@@H]2C(=O)N2[C@@H](C[C@@H]3CCCC[C@@H]32)C(=O)N[C@H]1Cc1c[nH]c2ccccc12. The average molecular weight is 798 g/mol. The maximum atomic E-state index is 14.8. The number of halogens is 1. The van der Waals surface area contributed by atoms with E-state index in [0.29, 0.717) is 44.1 Å². The van der Waals surface area contributed by atoms with Gasteiger partial charge in [-0.2, -0.15) is 0 Å². The van der Waals surface area contributed by atoms with Crippen LogP contribution in [0.15, 0.2) is 54.7 Å². The number of nitrogens with one attached hydrogen (secondary N) is 5. The Morgan fingerprint density at radius 3 is 2.22 bits per heavy atom. The van der Waals surface area contributed by atoms with Crippen LogP contribution in [0.2, 0.25) is 0 Å². The molecule has 2 aromatic carbocycles. The second-order valence-electron chi connectivity index (χ2n) is 16.8. The smallest absolute Gasteiger partial charge is 0.248 e. The fourth-order valence-corrected chi connectivity index (χ4v) is 10.2. The Morgan fingerprint density at radius 1 is 0.724 bits per heavy atom. The van der Waals surface area contributed by atoms with Crippen molar-refractivity contribution in [2.45, 2.75) is 125 Å². The summed E-state index contributed by atoms with van der Waals surface area (Å²) in [5, 5.41) is 22.9. The molecule has 3 aliphatic heterocycles. The third-order valence-electron chi connectivity index (χ3n) is 13.2. The van der Waals surface area contributed by atoms with Crippen molar-refractivity contribution in [2.75, 3.05) is 13.2 Å². The lowest BCUT2D eigenvalue weighted by Crippen LogP contribution is -2.65. The van der Waals surface area contributed by atoms with Gasteiger partial charge in [0.2, 0.25) is 35.4 Å². The number of para-hydroxylation sites is 1. The first-order valence-corrected chi connectivity index (χ1v) is 20.8. The van der Waals surface area contributed by atoms with Crippen LogP contribution in [0.1, 0.15) is 81.8 Å². The Morgan fingerprint density at radius 2 is 1.45 bits per heavy atom. The summed E-state index contributed by atoms with van der Waals surface area (Å²) in [5.74, 6) is -3.82. The molecule has 0 bridgehead atoms. The van der Waals surface area contributed by atoms with Gasteiger partial charge >= 0.3 is 0 Å². The summed E-state index contributed by atoms with van der Waals surface area (Å²) in [7, 11) is 0. The Bertz CT molecular complexity index is 2070. The lowest BCUT2D eigenvalue weighted by molar-refractivity contribution is -0.150. The van der Waals surface area contributed by atoms with E-state index in [0.717, 1.165) is 35.7 Å². The van der Waals surface area contributed by atoms with E-state index in [1.165, 1.54) is 29.2 Å². The number of aromatic amines is 1. The molecule has 2 aliphatic carbocycles. The summed E-state index contributed by atoms with van der Waals surface area (Å²) in [4.78, 5) is 93.3. The zero-order chi connectivity index (χ0) is 40.6. The molecule has 6 amide bonds. The molecule has 7 atom stereocenters. The summed E-state index contributed by atoms with van der Waals surface area (Å²) >= 11 is 0. The zero-order valence-corrected chi connectivity index (χ0v) is 32.5. The van der Waals surface area contributed by atoms with Crippen LogP contribution < -0.4 is 21.3 Å². The van der Waals surface area contributed by atoms with Gasteiger partial charge in [0.05, 0.1) is 6.61 Å². The molecule has 5 fully saturated rings. The maximum absolute atomic E-state index is 14.8. The van der Waals surface area contributed by atoms with E-state index in [1.54, 1.807) is 11.1 Å². The summed E-state index contributed by atoms with van der Waals surface area (Å²) < 4.78 is 13.9. The molecule has 0 radical (unpaired) electrons. The number of benzene rings is 2. The molecule has 15 heteroatoms. The summed E-state index contributed by atoms with van der Waals surface area (Å²) in [6.45, 7) is -0.554. The number of carbonyl (C=O) groups excluding carboxylic acids is 6. The molecule has 1 spiro atoms. The number of amides is 6. The second kappa shape index (κ2) is 16.5. The van der Waals surface area contributed by atoms with Crippen molar-refractivity contribution in [2.24, 2.45) is 5.92 Å². The van der Waals surface area contributed by atoms with Crippen molar-refractivity contribution < 1.29 is 38.3 Å². The molecule has 8 rings (SSSR count). The summed E-state index contributed by atoms with van der Waals surface area (Å²) in [6, 6.07) is 7.20. The molecule has 3 aromatic rings. The summed E-state index contributed by atoms with van der Waals surface area (Å²) in [6.07, 6.45) is 8.26. The molecule has 14 nitrogen and oxygen atoms in total. The lowest BCUT2D eigenvalue weighted by Gasteiger charge is -2.38. The van der Waals surface area contributed by atoms with Gasteiger partial charge in [-0.15, -0.1) is 0 Å². The minimum absolute atomic E-state index is 0.0713. The topological polar surface area (TPSA) is 193 Å². The normalized spacial score (nSPS) is 29.6. The highest BCUT2D eigenvalue weighted by Crippen LogP contribution is 2.41. The fourth-order valence-electron chi connectivity index (χ4n) is 10.2. The van der Waals surface area contributed by atoms with Crippen LogP contribution in [0.4, 0.5) is 4.39 Å². The number of aliphatic hydroxyl groups excluding tert-OH is 1. The highest BCUT2D eigenvalue weighted by Gasteiger charge is 2.52. The Hall–Kier alpha value is -5.31. The number of hydrogen-bond acceptors (Lipinski definition) is 7. The van der Waals surface area contributed by atoms with Gasteiger partial charge in [-0.25, -0.2) is 4.39 Å². The van der Waals surface area contributed by atoms with Crippen molar-refractivity contribution in [3.05, 3.63) is 71.7 Å². The van der Waals surface area contributed by atoms with Crippen molar-refractivity contribution in [1.29, 1.82) is 0 Å². The highest BCUT2D eigenvalue weighted by molar-refractivity contribution is 6.00. The van der Waals surface area contributed by atoms with Gasteiger partial charge in [0.25, 0.3) is 0 Å². The van der Waals surface area contributed by atoms with Crippen molar-refractivity contribution >= 4 is 46.3 Å². The largest absolute Gasteiger partial charge is 0.394 e. The quantitative estimate of drug-likeness (QED) is 0.228. The van der Waals surface area contributed by atoms with Crippen LogP contribution >= 0.6 is 0 Å². The van der Waals surface area contributed by atoms with Crippen LogP contribution in [0.5, 0.6) is 0 Å². The number of carbonyl (C=O) groups is 6. The van der Waals surface area contributed by atoms with Crippen molar-refractivity contribution in [3.63, 3.8) is 0 Å². The molecule has 2 saturated carbocycles. The van der Waals surface area contributed by atoms with Crippen LogP contribution in [0, 0.1) is 11.7 Å². The zero-order valence-electron chi connectivity index (χ0n) is 32.5. The minimum Gasteiger partial charge on any atom is -0.394 e. The first kappa shape index (κ1) is 39.5. The summed E-state index contributed by atoms with van der Waals surface area (Å²) in [5.41, 5.74) is 0.725. The Kier molecular flexibility index (Phi) is 11.2. The minimum atomic E-state index is -1.44. The third kappa shape index (κ3) is 7.68. The van der Waals surface area contributed by atoms with E-state index in [1.807, 2.05) is 24.3 Å². The van der Waals surface area contributed by atoms with Crippen LogP contribution in [0.25, 0.3) is 10.9 Å². The van der Waals surface area contributed by atoms with Crippen LogP contribution in [-0.2, 0) is 41.6 Å². The standard InChI is InChI=1S/C43H52FN7O7/c44-28-15-13-25(14-16-28)20-31-37(53)47-33(24-52)40(56)50-19-7-12-35(50)41(57)51-34-11-4-1-8-26(34)22-36(51)39(55)46-32(21-27-23-45-30-10-3-2-9-29(27)30)38(54)49-43(42(58)48-31)17-5-6-18-43/h2-3,9-10,13-16,23,26,31-36,45,52H,1,4-8,11-12,17-22,24H2,(H,46,55)(H,47,53)(H,48,58)(H,49,54)/t26-,31-,32-,33-,34-,35+,36-/m0/s1. The molecular formula is C43H52FN7O7. The molecule has 5 aliphatic rings. The van der Waals surface area contributed by atoms with Crippen molar-refractivity contribution in [3.8, 4) is 0 Å². The Labute approximate surface area is 336 Å². The third-order valence-corrected chi connectivity index (χ3v) is 13.2. The molecule has 1 aromatic heterocycles. The number of hydrogen-bond donors (Lipinski definition) is 6. The monoisotopic (exact) mass is 797 g/mol. The maximum Gasteiger partial charge on any atom is 0.248 e. The highest BCUT2D eigenvalue weighted by atomic mass is 19.1. The van der Waals surface area contributed by atoms with E-state index in [2.05, 4.69) is 26.3 Å². The second-order valence-corrected chi connectivity index (χ2v) is 16.8. The number of rotatable bonds is 5. The fraction of sp³-hybridized carbons (Fsp3) is 0.535. The Balaban J connectivity index is 1.19.